The molecule has 0 saturated carbocycles. The highest BCUT2D eigenvalue weighted by Gasteiger charge is 2.43. The molecule has 1 N–H and O–H groups in total. The van der Waals surface area contributed by atoms with Crippen molar-refractivity contribution in [1.82, 2.24) is 4.90 Å². The van der Waals surface area contributed by atoms with Crippen molar-refractivity contribution in [3.8, 4) is 11.5 Å². The van der Waals surface area contributed by atoms with Gasteiger partial charge in [0, 0.05) is 0 Å². The average molecular weight is 488 g/mol. The van der Waals surface area contributed by atoms with Crippen LogP contribution >= 0.6 is 0 Å². The Morgan fingerprint density at radius 1 is 1.11 bits per heavy atom. The van der Waals surface area contributed by atoms with E-state index in [1.165, 1.54) is 7.11 Å². The fraction of sp³-hybridized carbons (Fsp3) is 0.241. The van der Waals surface area contributed by atoms with Crippen molar-refractivity contribution >= 4 is 12.0 Å². The lowest BCUT2D eigenvalue weighted by Crippen LogP contribution is -2.40. The summed E-state index contributed by atoms with van der Waals surface area (Å²) in [5, 5.41) is 11.3. The topological polar surface area (TPSA) is 85.3 Å². The summed E-state index contributed by atoms with van der Waals surface area (Å²) in [4.78, 5) is 27.2. The molecule has 7 nitrogen and oxygen atoms in total. The van der Waals surface area contributed by atoms with E-state index in [1.54, 1.807) is 24.3 Å². The molecule has 1 aliphatic heterocycles. The minimum atomic E-state index is -1.21. The molecular weight excluding hydrogens is 458 g/mol. The van der Waals surface area contributed by atoms with Gasteiger partial charge in [0.15, 0.2) is 11.5 Å². The predicted molar refractivity (Wildman–Crippen MR) is 134 cm³/mol. The molecule has 0 bridgehead atoms. The summed E-state index contributed by atoms with van der Waals surface area (Å²) in [5.74, 6) is -0.534. The van der Waals surface area contributed by atoms with Crippen LogP contribution in [-0.2, 0) is 16.1 Å². The number of imide groups is 1. The molecular formula is C29H29NO6. The highest BCUT2D eigenvalue weighted by molar-refractivity contribution is 5.95. The predicted octanol–water partition coefficient (Wildman–Crippen LogP) is 5.22. The van der Waals surface area contributed by atoms with Gasteiger partial charge >= 0.3 is 6.09 Å². The van der Waals surface area contributed by atoms with Crippen molar-refractivity contribution in [3.05, 3.63) is 108 Å². The maximum atomic E-state index is 13.6. The Hall–Kier alpha value is -4.10. The molecule has 0 aromatic heterocycles. The van der Waals surface area contributed by atoms with Crippen molar-refractivity contribution in [3.63, 3.8) is 0 Å². The fourth-order valence-corrected chi connectivity index (χ4v) is 4.26. The highest BCUT2D eigenvalue weighted by atomic mass is 16.6. The fourth-order valence-electron chi connectivity index (χ4n) is 4.26. The van der Waals surface area contributed by atoms with Crippen LogP contribution in [0, 0.1) is 5.92 Å². The molecule has 2 amide bonds. The number of amides is 2. The number of carbonyl (C=O) groups is 2. The van der Waals surface area contributed by atoms with Crippen LogP contribution in [0.2, 0.25) is 0 Å². The molecule has 1 saturated heterocycles. The summed E-state index contributed by atoms with van der Waals surface area (Å²) in [6, 6.07) is 23.4. The number of methoxy groups -OCH3 is 1. The second-order valence-corrected chi connectivity index (χ2v) is 8.47. The Morgan fingerprint density at radius 3 is 2.47 bits per heavy atom. The molecule has 1 aliphatic rings. The standard InChI is InChI=1S/C29H29NO6/c1-3-10-23(28(32)30-24(19-36-29(30)33)21-13-8-5-9-14-21)27(31)22-15-16-25(26(17-22)34-2)35-18-20-11-6-4-7-12-20/h3-9,11-17,23-24,27,31H,1,10,18-19H2,2H3/t23-,24-,27-/m0/s1. The Balaban J connectivity index is 1.56. The van der Waals surface area contributed by atoms with E-state index in [9.17, 15) is 14.7 Å². The molecule has 0 spiro atoms. The lowest BCUT2D eigenvalue weighted by atomic mass is 9.90. The van der Waals surface area contributed by atoms with Gasteiger partial charge in [-0.3, -0.25) is 4.79 Å². The third kappa shape index (κ3) is 5.42. The molecule has 0 radical (unpaired) electrons. The molecule has 3 aromatic rings. The van der Waals surface area contributed by atoms with Crippen molar-refractivity contribution in [2.75, 3.05) is 13.7 Å². The van der Waals surface area contributed by atoms with Crippen molar-refractivity contribution in [2.24, 2.45) is 5.92 Å². The zero-order valence-corrected chi connectivity index (χ0v) is 20.1. The highest BCUT2D eigenvalue weighted by Crippen LogP contribution is 2.37. The van der Waals surface area contributed by atoms with Gasteiger partial charge < -0.3 is 19.3 Å². The minimum Gasteiger partial charge on any atom is -0.493 e. The van der Waals surface area contributed by atoms with Crippen LogP contribution in [0.15, 0.2) is 91.5 Å². The Morgan fingerprint density at radius 2 is 1.81 bits per heavy atom. The molecule has 36 heavy (non-hydrogen) atoms. The number of cyclic esters (lactones) is 1. The summed E-state index contributed by atoms with van der Waals surface area (Å²) in [5.41, 5.74) is 2.25. The number of benzene rings is 3. The molecule has 0 aliphatic carbocycles. The van der Waals surface area contributed by atoms with Gasteiger partial charge in [-0.05, 0) is 35.2 Å². The zero-order chi connectivity index (χ0) is 25.5. The largest absolute Gasteiger partial charge is 0.493 e. The van der Waals surface area contributed by atoms with E-state index in [2.05, 4.69) is 6.58 Å². The van der Waals surface area contributed by atoms with E-state index >= 15 is 0 Å². The van der Waals surface area contributed by atoms with E-state index in [0.717, 1.165) is 16.0 Å². The molecule has 1 heterocycles. The molecule has 1 fully saturated rings. The van der Waals surface area contributed by atoms with E-state index < -0.39 is 30.1 Å². The van der Waals surface area contributed by atoms with Gasteiger partial charge in [0.25, 0.3) is 0 Å². The summed E-state index contributed by atoms with van der Waals surface area (Å²) in [7, 11) is 1.51. The second kappa shape index (κ2) is 11.6. The first-order valence-electron chi connectivity index (χ1n) is 11.7. The third-order valence-corrected chi connectivity index (χ3v) is 6.18. The smallest absolute Gasteiger partial charge is 0.417 e. The van der Waals surface area contributed by atoms with Gasteiger partial charge in [-0.15, -0.1) is 6.58 Å². The molecule has 3 atom stereocenters. The van der Waals surface area contributed by atoms with Crippen molar-refractivity contribution in [2.45, 2.75) is 25.2 Å². The summed E-state index contributed by atoms with van der Waals surface area (Å²) in [6.07, 6.45) is -0.214. The normalized spacial score (nSPS) is 16.7. The van der Waals surface area contributed by atoms with Crippen molar-refractivity contribution < 1.29 is 28.9 Å². The maximum absolute atomic E-state index is 13.6. The Kier molecular flexibility index (Phi) is 8.02. The van der Waals surface area contributed by atoms with Crippen LogP contribution in [0.25, 0.3) is 0 Å². The molecule has 186 valence electrons. The number of rotatable bonds is 10. The van der Waals surface area contributed by atoms with E-state index in [4.69, 9.17) is 14.2 Å². The third-order valence-electron chi connectivity index (χ3n) is 6.18. The van der Waals surface area contributed by atoms with E-state index in [0.29, 0.717) is 23.7 Å². The number of ether oxygens (including phenoxy) is 3. The first kappa shape index (κ1) is 25.0. The van der Waals surface area contributed by atoms with Gasteiger partial charge in [0.05, 0.1) is 19.1 Å². The van der Waals surface area contributed by atoms with E-state index in [-0.39, 0.29) is 13.0 Å². The lowest BCUT2D eigenvalue weighted by molar-refractivity contribution is -0.137. The Bertz CT molecular complexity index is 1200. The Labute approximate surface area is 210 Å². The van der Waals surface area contributed by atoms with Gasteiger partial charge in [-0.25, -0.2) is 9.69 Å². The monoisotopic (exact) mass is 487 g/mol. The zero-order valence-electron chi connectivity index (χ0n) is 20.1. The number of aliphatic hydroxyl groups excluding tert-OH is 1. The number of hydrogen-bond donors (Lipinski definition) is 1. The molecule has 4 rings (SSSR count). The maximum Gasteiger partial charge on any atom is 0.417 e. The molecule has 3 aromatic carbocycles. The summed E-state index contributed by atoms with van der Waals surface area (Å²) in [6.45, 7) is 4.16. The number of carbonyl (C=O) groups excluding carboxylic acids is 2. The van der Waals surface area contributed by atoms with Crippen molar-refractivity contribution in [1.29, 1.82) is 0 Å². The second-order valence-electron chi connectivity index (χ2n) is 8.47. The minimum absolute atomic E-state index is 0.0623. The number of nitrogens with zero attached hydrogens (tertiary/aromatic N) is 1. The van der Waals surface area contributed by atoms with Crippen LogP contribution in [0.3, 0.4) is 0 Å². The summed E-state index contributed by atoms with van der Waals surface area (Å²) >= 11 is 0. The van der Waals surface area contributed by atoms with Crippen LogP contribution in [-0.4, -0.2) is 35.7 Å². The first-order valence-corrected chi connectivity index (χ1v) is 11.7. The first-order chi connectivity index (χ1) is 17.5. The SMILES string of the molecule is C=CC[C@H](C(=O)N1C(=O)OC[C@H]1c1ccccc1)[C@@H](O)c1ccc(OCc2ccccc2)c(OC)c1. The van der Waals surface area contributed by atoms with Crippen LogP contribution in [0.5, 0.6) is 11.5 Å². The van der Waals surface area contributed by atoms with E-state index in [1.807, 2.05) is 60.7 Å². The molecule has 0 unspecified atom stereocenters. The van der Waals surface area contributed by atoms with Gasteiger partial charge in [0.2, 0.25) is 5.91 Å². The van der Waals surface area contributed by atoms with Gasteiger partial charge in [-0.1, -0.05) is 72.8 Å². The van der Waals surface area contributed by atoms with Gasteiger partial charge in [0.1, 0.15) is 19.3 Å². The number of hydrogen-bond acceptors (Lipinski definition) is 6. The van der Waals surface area contributed by atoms with Gasteiger partial charge in [-0.2, -0.15) is 0 Å². The van der Waals surface area contributed by atoms with Crippen LogP contribution in [0.4, 0.5) is 4.79 Å². The molecule has 7 heteroatoms. The quantitative estimate of drug-likeness (QED) is 0.395. The van der Waals surface area contributed by atoms with Crippen LogP contribution in [0.1, 0.15) is 35.3 Å². The average Bonchev–Trinajstić information content (AvgIpc) is 3.32. The van der Waals surface area contributed by atoms with Crippen LogP contribution < -0.4 is 9.47 Å². The lowest BCUT2D eigenvalue weighted by Gasteiger charge is -2.28. The number of aliphatic hydroxyl groups is 1. The number of allylic oxidation sites excluding steroid dienone is 1. The summed E-state index contributed by atoms with van der Waals surface area (Å²) < 4.78 is 16.6.